The van der Waals surface area contributed by atoms with Crippen molar-refractivity contribution >= 4 is 11.9 Å². The van der Waals surface area contributed by atoms with Crippen molar-refractivity contribution in [1.82, 2.24) is 0 Å². The number of aliphatic hydroxyl groups is 1. The van der Waals surface area contributed by atoms with Crippen LogP contribution in [-0.4, -0.2) is 27.4 Å². The van der Waals surface area contributed by atoms with Crippen LogP contribution in [0.5, 0.6) is 5.75 Å². The molecule has 0 radical (unpaired) electrons. The Hall–Kier alpha value is -3.51. The lowest BCUT2D eigenvalue weighted by molar-refractivity contribution is -0.385. The molecular weight excluding hydrogens is 584 g/mol. The number of nitrogens with zero attached hydrogens (tertiary/aromatic N) is 2. The van der Waals surface area contributed by atoms with E-state index in [1.807, 2.05) is 0 Å². The smallest absolute Gasteiger partial charge is 0.311 e. The van der Waals surface area contributed by atoms with Crippen LogP contribution in [0.3, 0.4) is 0 Å². The Bertz CT molecular complexity index is 1490. The highest BCUT2D eigenvalue weighted by Crippen LogP contribution is 2.45. The van der Waals surface area contributed by atoms with E-state index < -0.39 is 22.3 Å². The molecule has 0 bridgehead atoms. The van der Waals surface area contributed by atoms with Gasteiger partial charge in [0.1, 0.15) is 5.60 Å². The first-order valence-corrected chi connectivity index (χ1v) is 16.9. The van der Waals surface area contributed by atoms with Gasteiger partial charge in [0, 0.05) is 17.8 Å². The summed E-state index contributed by atoms with van der Waals surface area (Å²) in [5.74, 6) is -0.549. The van der Waals surface area contributed by atoms with Gasteiger partial charge in [-0.05, 0) is 67.0 Å². The number of hydrogen-bond acceptors (Lipinski definition) is 5. The minimum absolute atomic E-state index is 0.107. The van der Waals surface area contributed by atoms with Crippen molar-refractivity contribution in [3.63, 3.8) is 0 Å². The van der Waals surface area contributed by atoms with Gasteiger partial charge in [0.25, 0.3) is 0 Å². The number of phenolic OH excluding ortho intramolecular Hbond substituents is 1. The second kappa shape index (κ2) is 13.2. The van der Waals surface area contributed by atoms with Crippen LogP contribution in [0, 0.1) is 16.0 Å². The summed E-state index contributed by atoms with van der Waals surface area (Å²) in [4.78, 5) is 16.1. The maximum atomic E-state index is 13.7. The third-order valence-electron chi connectivity index (χ3n) is 9.44. The van der Waals surface area contributed by atoms with Gasteiger partial charge in [-0.15, -0.1) is 0 Å². The fourth-order valence-electron chi connectivity index (χ4n) is 5.79. The average molecular weight is 643 g/mol. The molecule has 6 nitrogen and oxygen atoms in total. The Kier molecular flexibility index (Phi) is 10.6. The largest absolute Gasteiger partial charge is 0.502 e. The first kappa shape index (κ1) is 37.9. The fourth-order valence-corrected chi connectivity index (χ4v) is 5.79. The van der Waals surface area contributed by atoms with Gasteiger partial charge < -0.3 is 10.2 Å². The first-order chi connectivity index (χ1) is 21.3. The van der Waals surface area contributed by atoms with Crippen molar-refractivity contribution in [1.29, 1.82) is 0 Å². The Morgan fingerprint density at radius 3 is 1.40 bits per heavy atom. The number of aliphatic imine (C=N–C) groups is 1. The maximum absolute atomic E-state index is 13.7. The number of nitro groups is 1. The molecule has 0 spiro atoms. The minimum atomic E-state index is -1.59. The lowest BCUT2D eigenvalue weighted by atomic mass is 9.69. The number of nitro benzene ring substituents is 1. The molecule has 0 amide bonds. The number of phenols is 1. The predicted molar refractivity (Wildman–Crippen MR) is 196 cm³/mol. The van der Waals surface area contributed by atoms with Gasteiger partial charge in [-0.3, -0.25) is 15.1 Å². The molecule has 3 rings (SSSR count). The van der Waals surface area contributed by atoms with E-state index in [0.29, 0.717) is 0 Å². The normalized spacial score (nSPS) is 14.8. The van der Waals surface area contributed by atoms with Gasteiger partial charge in [0.2, 0.25) is 5.75 Å². The molecule has 0 fully saturated rings. The number of para-hydroxylation sites is 1. The molecule has 3 aromatic rings. The Labute approximate surface area is 283 Å². The van der Waals surface area contributed by atoms with Crippen LogP contribution < -0.4 is 0 Å². The van der Waals surface area contributed by atoms with E-state index in [2.05, 4.69) is 133 Å². The van der Waals surface area contributed by atoms with Gasteiger partial charge in [0.05, 0.1) is 11.0 Å². The molecule has 0 aliphatic heterocycles. The molecule has 47 heavy (non-hydrogen) atoms. The molecule has 3 aromatic carbocycles. The third kappa shape index (κ3) is 8.32. The van der Waals surface area contributed by atoms with E-state index in [0.717, 1.165) is 39.8 Å². The molecule has 6 heteroatoms. The van der Waals surface area contributed by atoms with Crippen molar-refractivity contribution in [2.45, 2.75) is 137 Å². The summed E-state index contributed by atoms with van der Waals surface area (Å²) in [6.45, 7) is 30.4. The molecular formula is C41H58N2O4. The van der Waals surface area contributed by atoms with E-state index in [4.69, 9.17) is 4.99 Å². The number of rotatable bonds is 8. The van der Waals surface area contributed by atoms with Crippen molar-refractivity contribution in [3.8, 4) is 5.75 Å². The fraction of sp³-hybridized carbons (Fsp3) is 0.537. The van der Waals surface area contributed by atoms with E-state index in [1.165, 1.54) is 18.3 Å². The van der Waals surface area contributed by atoms with Crippen LogP contribution in [0.4, 0.5) is 5.69 Å². The quantitative estimate of drug-likeness (QED) is 0.145. The van der Waals surface area contributed by atoms with Gasteiger partial charge in [-0.2, -0.15) is 0 Å². The molecule has 0 aromatic heterocycles. The monoisotopic (exact) mass is 642 g/mol. The molecule has 2 unspecified atom stereocenters. The molecule has 0 aliphatic rings. The second-order valence-corrected chi connectivity index (χ2v) is 17.4. The van der Waals surface area contributed by atoms with Crippen LogP contribution >= 0.6 is 0 Å². The average Bonchev–Trinajstić information content (AvgIpc) is 2.95. The van der Waals surface area contributed by atoms with Crippen molar-refractivity contribution in [3.05, 3.63) is 104 Å². The van der Waals surface area contributed by atoms with Crippen molar-refractivity contribution in [2.24, 2.45) is 10.9 Å². The summed E-state index contributed by atoms with van der Waals surface area (Å²) in [6, 6.07) is 16.7. The summed E-state index contributed by atoms with van der Waals surface area (Å²) in [7, 11) is 0. The highest BCUT2D eigenvalue weighted by atomic mass is 16.6. The summed E-state index contributed by atoms with van der Waals surface area (Å²) >= 11 is 0. The topological polar surface area (TPSA) is 96.0 Å². The minimum Gasteiger partial charge on any atom is -0.502 e. The summed E-state index contributed by atoms with van der Waals surface area (Å²) in [6.07, 6.45) is 2.21. The molecule has 0 saturated carbocycles. The van der Waals surface area contributed by atoms with Crippen molar-refractivity contribution in [2.75, 3.05) is 0 Å². The van der Waals surface area contributed by atoms with E-state index in [-0.39, 0.29) is 38.8 Å². The summed E-state index contributed by atoms with van der Waals surface area (Å²) in [5, 5.41) is 36.1. The van der Waals surface area contributed by atoms with E-state index in [9.17, 15) is 20.3 Å². The number of aromatic hydroxyl groups is 1. The molecule has 256 valence electrons. The van der Waals surface area contributed by atoms with Crippen LogP contribution in [0.2, 0.25) is 0 Å². The lowest BCUT2D eigenvalue weighted by Crippen LogP contribution is -2.44. The molecule has 0 saturated heterocycles. The second-order valence-electron chi connectivity index (χ2n) is 17.4. The van der Waals surface area contributed by atoms with Gasteiger partial charge in [0.15, 0.2) is 0 Å². The Balaban J connectivity index is 2.57. The molecule has 2 N–H and O–H groups in total. The highest BCUT2D eigenvalue weighted by molar-refractivity contribution is 5.85. The highest BCUT2D eigenvalue weighted by Gasteiger charge is 2.45. The van der Waals surface area contributed by atoms with Crippen molar-refractivity contribution < 1.29 is 15.1 Å². The molecule has 0 heterocycles. The van der Waals surface area contributed by atoms with Crippen LogP contribution in [0.25, 0.3) is 0 Å². The van der Waals surface area contributed by atoms with Crippen LogP contribution in [0.1, 0.15) is 142 Å². The summed E-state index contributed by atoms with van der Waals surface area (Å²) in [5.41, 5.74) is 3.47. The lowest BCUT2D eigenvalue weighted by Gasteiger charge is -2.41. The van der Waals surface area contributed by atoms with Gasteiger partial charge in [-0.1, -0.05) is 146 Å². The van der Waals surface area contributed by atoms with Gasteiger partial charge >= 0.3 is 5.69 Å². The Morgan fingerprint density at radius 1 is 0.723 bits per heavy atom. The van der Waals surface area contributed by atoms with Gasteiger partial charge in [-0.25, -0.2) is 0 Å². The predicted octanol–water partition coefficient (Wildman–Crippen LogP) is 10.3. The zero-order valence-electron chi connectivity index (χ0n) is 31.2. The van der Waals surface area contributed by atoms with E-state index in [1.54, 1.807) is 6.07 Å². The zero-order chi connectivity index (χ0) is 35.9. The Morgan fingerprint density at radius 2 is 1.09 bits per heavy atom. The first-order valence-electron chi connectivity index (χ1n) is 16.9. The summed E-state index contributed by atoms with van der Waals surface area (Å²) < 4.78 is 0. The van der Waals surface area contributed by atoms with E-state index >= 15 is 0 Å². The number of benzene rings is 3. The SMILES string of the molecule is CCC(C)C(N=Cc1cccc([N+](=O)[O-])c1O)C(O)(c1cc(C(C)(C)C)cc(C(C)(C)C)c1)c1cc(C(C)(C)C)cc(C(C)(C)C)c1. The maximum Gasteiger partial charge on any atom is 0.311 e. The van der Waals surface area contributed by atoms with Crippen LogP contribution in [-0.2, 0) is 27.3 Å². The standard InChI is InChI=1S/C41H58N2O4/c1-15-26(2)36(42-25-27-17-16-18-34(35(27)44)43(46)47)41(45,32-21-28(37(3,4)5)19-29(22-32)38(6,7)8)33-23-30(39(9,10)11)20-31(24-33)40(12,13)14/h16-26,36,44-45H,15H2,1-14H3. The number of hydrogen-bond donors (Lipinski definition) is 2. The van der Waals surface area contributed by atoms with Crippen LogP contribution in [0.15, 0.2) is 59.6 Å². The third-order valence-corrected chi connectivity index (χ3v) is 9.44. The molecule has 2 atom stereocenters. The zero-order valence-corrected chi connectivity index (χ0v) is 31.2. The molecule has 0 aliphatic carbocycles.